The van der Waals surface area contributed by atoms with Gasteiger partial charge in [0.1, 0.15) is 11.5 Å². The van der Waals surface area contributed by atoms with Crippen LogP contribution in [0.2, 0.25) is 5.02 Å². The lowest BCUT2D eigenvalue weighted by Gasteiger charge is -2.20. The molecule has 0 aliphatic carbocycles. The van der Waals surface area contributed by atoms with Crippen molar-refractivity contribution in [1.82, 2.24) is 4.90 Å². The summed E-state index contributed by atoms with van der Waals surface area (Å²) in [5, 5.41) is 0.577. The molecule has 134 valence electrons. The average molecular weight is 359 g/mol. The van der Waals surface area contributed by atoms with E-state index in [0.29, 0.717) is 5.02 Å². The largest absolute Gasteiger partial charge is 0.457 e. The van der Waals surface area contributed by atoms with E-state index in [-0.39, 0.29) is 5.41 Å². The highest BCUT2D eigenvalue weighted by atomic mass is 35.5. The Labute approximate surface area is 156 Å². The van der Waals surface area contributed by atoms with Crippen LogP contribution in [-0.2, 0) is 5.41 Å². The predicted octanol–water partition coefficient (Wildman–Crippen LogP) is 6.35. The van der Waals surface area contributed by atoms with E-state index in [4.69, 9.17) is 16.3 Å². The zero-order valence-corrected chi connectivity index (χ0v) is 16.7. The van der Waals surface area contributed by atoms with Gasteiger partial charge in [0.2, 0.25) is 0 Å². The van der Waals surface area contributed by atoms with Gasteiger partial charge in [-0.25, -0.2) is 4.99 Å². The van der Waals surface area contributed by atoms with Gasteiger partial charge in [0.25, 0.3) is 0 Å². The number of hydrogen-bond donors (Lipinski definition) is 0. The van der Waals surface area contributed by atoms with E-state index in [1.165, 1.54) is 5.56 Å². The highest BCUT2D eigenvalue weighted by Gasteiger charge is 2.15. The number of nitrogens with zero attached hydrogens (tertiary/aromatic N) is 2. The molecule has 2 rings (SSSR count). The van der Waals surface area contributed by atoms with Crippen LogP contribution in [0.3, 0.4) is 0 Å². The predicted molar refractivity (Wildman–Crippen MR) is 108 cm³/mol. The molecular formula is C21H27ClN2O. The third-order valence-corrected chi connectivity index (χ3v) is 4.37. The van der Waals surface area contributed by atoms with Crippen molar-refractivity contribution in [2.45, 2.75) is 40.0 Å². The van der Waals surface area contributed by atoms with Crippen LogP contribution >= 0.6 is 11.6 Å². The molecule has 0 aromatic heterocycles. The molecule has 0 radical (unpaired) electrons. The van der Waals surface area contributed by atoms with E-state index < -0.39 is 0 Å². The van der Waals surface area contributed by atoms with E-state index in [9.17, 15) is 0 Å². The van der Waals surface area contributed by atoms with E-state index in [0.717, 1.165) is 29.3 Å². The Morgan fingerprint density at radius 2 is 1.92 bits per heavy atom. The van der Waals surface area contributed by atoms with E-state index in [1.54, 1.807) is 6.34 Å². The topological polar surface area (TPSA) is 24.8 Å². The van der Waals surface area contributed by atoms with Crippen molar-refractivity contribution in [2.75, 3.05) is 13.6 Å². The first-order valence-electron chi connectivity index (χ1n) is 8.53. The maximum absolute atomic E-state index is 6.39. The summed E-state index contributed by atoms with van der Waals surface area (Å²) in [5.74, 6) is 1.56. The molecule has 2 aromatic carbocycles. The summed E-state index contributed by atoms with van der Waals surface area (Å²) in [4.78, 5) is 6.44. The molecule has 3 nitrogen and oxygen atoms in total. The molecule has 0 fully saturated rings. The Hall–Kier alpha value is -2.00. The quantitative estimate of drug-likeness (QED) is 0.459. The van der Waals surface area contributed by atoms with Gasteiger partial charge in [0.15, 0.2) is 0 Å². The van der Waals surface area contributed by atoms with Gasteiger partial charge >= 0.3 is 0 Å². The Balaban J connectivity index is 2.27. The van der Waals surface area contributed by atoms with Crippen LogP contribution in [0.4, 0.5) is 5.69 Å². The van der Waals surface area contributed by atoms with Crippen molar-refractivity contribution in [1.29, 1.82) is 0 Å². The maximum Gasteiger partial charge on any atom is 0.131 e. The molecule has 0 aliphatic heterocycles. The van der Waals surface area contributed by atoms with Gasteiger partial charge in [0, 0.05) is 19.7 Å². The molecule has 0 bridgehead atoms. The summed E-state index contributed by atoms with van der Waals surface area (Å²) < 4.78 is 6.08. The van der Waals surface area contributed by atoms with Crippen molar-refractivity contribution in [2.24, 2.45) is 4.99 Å². The molecule has 0 amide bonds. The molecule has 0 unspecified atom stereocenters. The van der Waals surface area contributed by atoms with Crippen LogP contribution in [0.25, 0.3) is 0 Å². The van der Waals surface area contributed by atoms with Gasteiger partial charge in [-0.05, 0) is 48.6 Å². The standard InChI is InChI=1S/C21H27ClN2O/c1-7-24(6)14-23-19-11-15(2)20(13-18(19)22)25-17-10-8-9-16(12-17)21(3,4)5/h8-14H,7H2,1-6H3/b23-14+. The van der Waals surface area contributed by atoms with Crippen LogP contribution in [0.1, 0.15) is 38.8 Å². The molecule has 0 spiro atoms. The first-order valence-corrected chi connectivity index (χ1v) is 8.91. The maximum atomic E-state index is 6.39. The van der Waals surface area contributed by atoms with Gasteiger partial charge < -0.3 is 9.64 Å². The molecule has 0 atom stereocenters. The van der Waals surface area contributed by atoms with Gasteiger partial charge in [-0.1, -0.05) is 44.5 Å². The summed E-state index contributed by atoms with van der Waals surface area (Å²) in [7, 11) is 1.98. The van der Waals surface area contributed by atoms with E-state index >= 15 is 0 Å². The van der Waals surface area contributed by atoms with Gasteiger partial charge in [0.05, 0.1) is 17.0 Å². The molecule has 0 N–H and O–H groups in total. The highest BCUT2D eigenvalue weighted by Crippen LogP contribution is 2.35. The summed E-state index contributed by atoms with van der Waals surface area (Å²) in [5.41, 5.74) is 3.06. The van der Waals surface area contributed by atoms with Crippen molar-refractivity contribution in [3.8, 4) is 11.5 Å². The number of hydrogen-bond acceptors (Lipinski definition) is 2. The second-order valence-corrected chi connectivity index (χ2v) is 7.67. The van der Waals surface area contributed by atoms with Crippen molar-refractivity contribution in [3.05, 3.63) is 52.5 Å². The summed E-state index contributed by atoms with van der Waals surface area (Å²) in [6.07, 6.45) is 1.79. The highest BCUT2D eigenvalue weighted by molar-refractivity contribution is 6.33. The van der Waals surface area contributed by atoms with Gasteiger partial charge in [-0.15, -0.1) is 0 Å². The summed E-state index contributed by atoms with van der Waals surface area (Å²) >= 11 is 6.39. The number of ether oxygens (including phenoxy) is 1. The smallest absolute Gasteiger partial charge is 0.131 e. The third-order valence-electron chi connectivity index (χ3n) is 4.07. The number of aliphatic imine (C=N–C) groups is 1. The normalized spacial score (nSPS) is 11.8. The van der Waals surface area contributed by atoms with Crippen LogP contribution < -0.4 is 4.74 Å². The van der Waals surface area contributed by atoms with Gasteiger partial charge in [-0.3, -0.25) is 0 Å². The minimum absolute atomic E-state index is 0.0793. The van der Waals surface area contributed by atoms with Crippen LogP contribution in [0, 0.1) is 6.92 Å². The van der Waals surface area contributed by atoms with Crippen molar-refractivity contribution in [3.63, 3.8) is 0 Å². The molecule has 0 saturated carbocycles. The van der Waals surface area contributed by atoms with Gasteiger partial charge in [-0.2, -0.15) is 0 Å². The van der Waals surface area contributed by atoms with E-state index in [1.807, 2.05) is 43.1 Å². The lowest BCUT2D eigenvalue weighted by atomic mass is 9.87. The zero-order chi connectivity index (χ0) is 18.6. The summed E-state index contributed by atoms with van der Waals surface area (Å²) in [6.45, 7) is 11.5. The van der Waals surface area contributed by atoms with Crippen LogP contribution in [0.15, 0.2) is 41.4 Å². The first kappa shape index (κ1) is 19.3. The molecule has 4 heteroatoms. The monoisotopic (exact) mass is 358 g/mol. The minimum Gasteiger partial charge on any atom is -0.457 e. The number of aryl methyl sites for hydroxylation is 1. The van der Waals surface area contributed by atoms with E-state index in [2.05, 4.69) is 44.8 Å². The fraction of sp³-hybridized carbons (Fsp3) is 0.381. The lowest BCUT2D eigenvalue weighted by molar-refractivity contribution is 0.475. The lowest BCUT2D eigenvalue weighted by Crippen LogP contribution is -2.14. The Kier molecular flexibility index (Phi) is 6.12. The Morgan fingerprint density at radius 3 is 2.56 bits per heavy atom. The summed E-state index contributed by atoms with van der Waals surface area (Å²) in [6, 6.07) is 12.0. The Morgan fingerprint density at radius 1 is 1.20 bits per heavy atom. The SMILES string of the molecule is CCN(C)/C=N/c1cc(C)c(Oc2cccc(C(C)(C)C)c2)cc1Cl. The van der Waals surface area contributed by atoms with Crippen molar-refractivity contribution < 1.29 is 4.74 Å². The molecule has 25 heavy (non-hydrogen) atoms. The second-order valence-electron chi connectivity index (χ2n) is 7.27. The van der Waals surface area contributed by atoms with Crippen LogP contribution in [-0.4, -0.2) is 24.8 Å². The molecular weight excluding hydrogens is 332 g/mol. The number of rotatable bonds is 5. The number of benzene rings is 2. The average Bonchev–Trinajstić information content (AvgIpc) is 2.55. The van der Waals surface area contributed by atoms with Crippen LogP contribution in [0.5, 0.6) is 11.5 Å². The molecule has 0 aliphatic rings. The fourth-order valence-electron chi connectivity index (χ4n) is 2.25. The zero-order valence-electron chi connectivity index (χ0n) is 15.9. The minimum atomic E-state index is 0.0793. The Bertz CT molecular complexity index is 763. The van der Waals surface area contributed by atoms with Crippen molar-refractivity contribution >= 4 is 23.6 Å². The molecule has 0 saturated heterocycles. The molecule has 0 heterocycles. The fourth-order valence-corrected chi connectivity index (χ4v) is 2.45. The molecule has 2 aromatic rings. The first-order chi connectivity index (χ1) is 11.7. The number of halogens is 1. The second kappa shape index (κ2) is 7.92. The third kappa shape index (κ3) is 5.23.